The van der Waals surface area contributed by atoms with Gasteiger partial charge in [-0.3, -0.25) is 9.59 Å². The first-order valence-electron chi connectivity index (χ1n) is 7.76. The van der Waals surface area contributed by atoms with Gasteiger partial charge < -0.3 is 16.0 Å². The molecule has 0 aromatic carbocycles. The third-order valence-corrected chi connectivity index (χ3v) is 3.90. The molecule has 2 amide bonds. The second kappa shape index (κ2) is 10.0. The summed E-state index contributed by atoms with van der Waals surface area (Å²) in [4.78, 5) is 25.6. The van der Waals surface area contributed by atoms with Crippen molar-refractivity contribution in [3.63, 3.8) is 0 Å². The van der Waals surface area contributed by atoms with Crippen LogP contribution in [0.3, 0.4) is 0 Å². The summed E-state index contributed by atoms with van der Waals surface area (Å²) in [6.07, 6.45) is 3.50. The lowest BCUT2D eigenvalue weighted by molar-refractivity contribution is -0.135. The lowest BCUT2D eigenvalue weighted by Gasteiger charge is -2.35. The van der Waals surface area contributed by atoms with Crippen molar-refractivity contribution in [1.29, 1.82) is 0 Å². The second-order valence-corrected chi connectivity index (χ2v) is 6.12. The standard InChI is InChI=1S/C15H29N3O2.ClH/c1-4-6-13(19)17-9-12-7-5-8-18(10-12)15(20)14(16)11(2)3;/h11-12,14H,4-10,16H2,1-3H3,(H,17,19);1H/t12?,14-;/m0./s1. The summed E-state index contributed by atoms with van der Waals surface area (Å²) in [5.41, 5.74) is 5.94. The quantitative estimate of drug-likeness (QED) is 0.780. The Labute approximate surface area is 134 Å². The van der Waals surface area contributed by atoms with E-state index >= 15 is 0 Å². The van der Waals surface area contributed by atoms with Gasteiger partial charge in [-0.2, -0.15) is 0 Å². The maximum Gasteiger partial charge on any atom is 0.239 e. The van der Waals surface area contributed by atoms with E-state index in [1.54, 1.807) is 0 Å². The minimum atomic E-state index is -0.413. The largest absolute Gasteiger partial charge is 0.356 e. The Morgan fingerprint density at radius 1 is 1.38 bits per heavy atom. The fourth-order valence-corrected chi connectivity index (χ4v) is 2.50. The van der Waals surface area contributed by atoms with Crippen LogP contribution in [0.1, 0.15) is 46.5 Å². The summed E-state index contributed by atoms with van der Waals surface area (Å²) >= 11 is 0. The van der Waals surface area contributed by atoms with E-state index in [-0.39, 0.29) is 30.1 Å². The smallest absolute Gasteiger partial charge is 0.239 e. The van der Waals surface area contributed by atoms with Gasteiger partial charge in [0.05, 0.1) is 6.04 Å². The van der Waals surface area contributed by atoms with Crippen molar-refractivity contribution >= 4 is 24.2 Å². The number of likely N-dealkylation sites (tertiary alicyclic amines) is 1. The number of rotatable bonds is 6. The van der Waals surface area contributed by atoms with Crippen LogP contribution >= 0.6 is 12.4 Å². The highest BCUT2D eigenvalue weighted by Gasteiger charge is 2.28. The van der Waals surface area contributed by atoms with Crippen LogP contribution in [-0.2, 0) is 9.59 Å². The van der Waals surface area contributed by atoms with Gasteiger partial charge in [0, 0.05) is 26.1 Å². The van der Waals surface area contributed by atoms with E-state index in [2.05, 4.69) is 5.32 Å². The fourth-order valence-electron chi connectivity index (χ4n) is 2.50. The zero-order valence-corrected chi connectivity index (χ0v) is 14.2. The van der Waals surface area contributed by atoms with Crippen molar-refractivity contribution in [2.45, 2.75) is 52.5 Å². The lowest BCUT2D eigenvalue weighted by Crippen LogP contribution is -2.51. The van der Waals surface area contributed by atoms with Crippen molar-refractivity contribution in [3.8, 4) is 0 Å². The molecule has 1 rings (SSSR count). The van der Waals surface area contributed by atoms with Crippen LogP contribution in [0.4, 0.5) is 0 Å². The number of nitrogens with one attached hydrogen (secondary N) is 1. The third kappa shape index (κ3) is 6.66. The number of hydrogen-bond acceptors (Lipinski definition) is 3. The average molecular weight is 320 g/mol. The summed E-state index contributed by atoms with van der Waals surface area (Å²) in [5, 5.41) is 2.96. The monoisotopic (exact) mass is 319 g/mol. The lowest BCUT2D eigenvalue weighted by atomic mass is 9.96. The molecule has 6 heteroatoms. The SMILES string of the molecule is CCCC(=O)NCC1CCCN(C(=O)[C@@H](N)C(C)C)C1.Cl. The molecule has 1 heterocycles. The van der Waals surface area contributed by atoms with Crippen LogP contribution in [0.25, 0.3) is 0 Å². The van der Waals surface area contributed by atoms with Crippen LogP contribution in [-0.4, -0.2) is 42.4 Å². The zero-order chi connectivity index (χ0) is 15.1. The topological polar surface area (TPSA) is 75.4 Å². The van der Waals surface area contributed by atoms with Gasteiger partial charge in [-0.1, -0.05) is 20.8 Å². The van der Waals surface area contributed by atoms with Gasteiger partial charge in [-0.25, -0.2) is 0 Å². The molecule has 0 spiro atoms. The molecule has 0 saturated carbocycles. The molecule has 1 saturated heterocycles. The fraction of sp³-hybridized carbons (Fsp3) is 0.867. The molecular formula is C15H30ClN3O2. The number of piperidine rings is 1. The molecule has 0 aromatic rings. The van der Waals surface area contributed by atoms with Gasteiger partial charge in [-0.05, 0) is 31.1 Å². The van der Waals surface area contributed by atoms with Crippen molar-refractivity contribution < 1.29 is 9.59 Å². The normalized spacial score (nSPS) is 19.9. The van der Waals surface area contributed by atoms with Crippen molar-refractivity contribution in [3.05, 3.63) is 0 Å². The van der Waals surface area contributed by atoms with Crippen LogP contribution in [0.15, 0.2) is 0 Å². The number of carbonyl (C=O) groups is 2. The summed E-state index contributed by atoms with van der Waals surface area (Å²) in [5.74, 6) is 0.666. The Kier molecular flexibility index (Phi) is 9.62. The highest BCUT2D eigenvalue weighted by Crippen LogP contribution is 2.17. The first kappa shape index (κ1) is 20.2. The Morgan fingerprint density at radius 2 is 2.05 bits per heavy atom. The minimum absolute atomic E-state index is 0. The van der Waals surface area contributed by atoms with E-state index < -0.39 is 6.04 Å². The predicted molar refractivity (Wildman–Crippen MR) is 87.3 cm³/mol. The highest BCUT2D eigenvalue weighted by molar-refractivity contribution is 5.85. The molecule has 21 heavy (non-hydrogen) atoms. The minimum Gasteiger partial charge on any atom is -0.356 e. The van der Waals surface area contributed by atoms with Gasteiger partial charge in [0.2, 0.25) is 11.8 Å². The Balaban J connectivity index is 0.00000400. The maximum atomic E-state index is 12.2. The number of carbonyl (C=O) groups excluding carboxylic acids is 2. The molecule has 1 aliphatic rings. The molecule has 3 N–H and O–H groups in total. The van der Waals surface area contributed by atoms with Gasteiger partial charge in [0.1, 0.15) is 0 Å². The Hall–Kier alpha value is -0.810. The predicted octanol–water partition coefficient (Wildman–Crippen LogP) is 1.55. The van der Waals surface area contributed by atoms with Crippen molar-refractivity contribution in [2.24, 2.45) is 17.6 Å². The first-order chi connectivity index (χ1) is 9.45. The molecule has 1 fully saturated rings. The third-order valence-electron chi connectivity index (χ3n) is 3.90. The van der Waals surface area contributed by atoms with E-state index in [1.807, 2.05) is 25.7 Å². The van der Waals surface area contributed by atoms with Crippen LogP contribution < -0.4 is 11.1 Å². The van der Waals surface area contributed by atoms with Crippen molar-refractivity contribution in [2.75, 3.05) is 19.6 Å². The summed E-state index contributed by atoms with van der Waals surface area (Å²) < 4.78 is 0. The van der Waals surface area contributed by atoms with Crippen LogP contribution in [0, 0.1) is 11.8 Å². The number of nitrogens with zero attached hydrogens (tertiary/aromatic N) is 1. The van der Waals surface area contributed by atoms with E-state index in [0.717, 1.165) is 25.8 Å². The Morgan fingerprint density at radius 3 is 2.62 bits per heavy atom. The first-order valence-corrected chi connectivity index (χ1v) is 7.76. The molecule has 5 nitrogen and oxygen atoms in total. The van der Waals surface area contributed by atoms with Gasteiger partial charge in [-0.15, -0.1) is 12.4 Å². The molecule has 2 atom stereocenters. The van der Waals surface area contributed by atoms with E-state index in [4.69, 9.17) is 5.73 Å². The molecule has 0 aliphatic carbocycles. The maximum absolute atomic E-state index is 12.2. The molecule has 0 radical (unpaired) electrons. The summed E-state index contributed by atoms with van der Waals surface area (Å²) in [6, 6.07) is -0.413. The molecular weight excluding hydrogens is 290 g/mol. The summed E-state index contributed by atoms with van der Waals surface area (Å²) in [6.45, 7) is 8.10. The molecule has 0 aromatic heterocycles. The number of halogens is 1. The number of hydrogen-bond donors (Lipinski definition) is 2. The van der Waals surface area contributed by atoms with Gasteiger partial charge >= 0.3 is 0 Å². The molecule has 1 aliphatic heterocycles. The Bertz CT molecular complexity index is 337. The highest BCUT2D eigenvalue weighted by atomic mass is 35.5. The second-order valence-electron chi connectivity index (χ2n) is 6.12. The van der Waals surface area contributed by atoms with Gasteiger partial charge in [0.15, 0.2) is 0 Å². The van der Waals surface area contributed by atoms with E-state index in [1.165, 1.54) is 0 Å². The van der Waals surface area contributed by atoms with Gasteiger partial charge in [0.25, 0.3) is 0 Å². The molecule has 1 unspecified atom stereocenters. The van der Waals surface area contributed by atoms with E-state index in [0.29, 0.717) is 25.4 Å². The van der Waals surface area contributed by atoms with Crippen LogP contribution in [0.2, 0.25) is 0 Å². The number of amides is 2. The average Bonchev–Trinajstić information content (AvgIpc) is 2.44. The van der Waals surface area contributed by atoms with Crippen molar-refractivity contribution in [1.82, 2.24) is 10.2 Å². The van der Waals surface area contributed by atoms with E-state index in [9.17, 15) is 9.59 Å². The molecule has 0 bridgehead atoms. The zero-order valence-electron chi connectivity index (χ0n) is 13.4. The number of nitrogens with two attached hydrogens (primary N) is 1. The summed E-state index contributed by atoms with van der Waals surface area (Å²) in [7, 11) is 0. The van der Waals surface area contributed by atoms with Crippen LogP contribution in [0.5, 0.6) is 0 Å². The molecule has 124 valence electrons.